The van der Waals surface area contributed by atoms with Crippen LogP contribution in [-0.2, 0) is 16.0 Å². The lowest BCUT2D eigenvalue weighted by molar-refractivity contribution is -0.115. The monoisotopic (exact) mass is 405 g/mol. The molecule has 0 fully saturated rings. The number of hydrogen-bond acceptors (Lipinski definition) is 6. The number of amides is 1. The minimum absolute atomic E-state index is 0. The van der Waals surface area contributed by atoms with Crippen LogP contribution in [0.4, 0.5) is 5.82 Å². The van der Waals surface area contributed by atoms with Crippen molar-refractivity contribution in [3.8, 4) is 11.6 Å². The van der Waals surface area contributed by atoms with Crippen LogP contribution in [0.1, 0.15) is 25.8 Å². The molecule has 8 nitrogen and oxygen atoms in total. The molecule has 0 aliphatic carbocycles. The zero-order valence-electron chi connectivity index (χ0n) is 16.6. The molecule has 8 heteroatoms. The maximum Gasteiger partial charge on any atom is 0.229 e. The van der Waals surface area contributed by atoms with Crippen LogP contribution in [-0.4, -0.2) is 32.8 Å². The third kappa shape index (κ3) is 4.38. The lowest BCUT2D eigenvalue weighted by Crippen LogP contribution is -2.18. The Hall–Kier alpha value is -3.94. The molecule has 3 heterocycles. The van der Waals surface area contributed by atoms with E-state index in [9.17, 15) is 4.79 Å². The lowest BCUT2D eigenvalue weighted by atomic mass is 10.1. The van der Waals surface area contributed by atoms with Gasteiger partial charge in [0.1, 0.15) is 11.6 Å². The number of nitrogens with one attached hydrogen (secondary N) is 1. The lowest BCUT2D eigenvalue weighted by Gasteiger charge is -2.20. The number of nitrogens with zero attached hydrogens (tertiary/aromatic N) is 4. The molecule has 0 saturated heterocycles. The summed E-state index contributed by atoms with van der Waals surface area (Å²) in [6.45, 7) is 1.94. The van der Waals surface area contributed by atoms with Crippen LogP contribution in [0.15, 0.2) is 72.8 Å². The number of benzene rings is 1. The standard InChI is InChI=1S/C22H21N5O3.H2/c1-15-6-4-11-30-21(15)22-25-18(14-19(26-22)27-10-5-9-23-27)24-20(28)13-16-7-3-8-17(12-16)29-2;/h3-12,14,21H,13H2,1-2H3,(H,24,25,26,28);1H. The van der Waals surface area contributed by atoms with E-state index in [0.29, 0.717) is 23.2 Å². The summed E-state index contributed by atoms with van der Waals surface area (Å²) in [5.74, 6) is 1.86. The van der Waals surface area contributed by atoms with E-state index in [-0.39, 0.29) is 13.8 Å². The molecule has 4 rings (SSSR count). The van der Waals surface area contributed by atoms with E-state index in [2.05, 4.69) is 20.4 Å². The summed E-state index contributed by atoms with van der Waals surface area (Å²) in [5.41, 5.74) is 1.80. The third-order valence-electron chi connectivity index (χ3n) is 4.54. The zero-order valence-corrected chi connectivity index (χ0v) is 16.6. The summed E-state index contributed by atoms with van der Waals surface area (Å²) in [7, 11) is 1.59. The van der Waals surface area contributed by atoms with Crippen LogP contribution in [0.5, 0.6) is 5.75 Å². The van der Waals surface area contributed by atoms with Crippen LogP contribution < -0.4 is 10.1 Å². The minimum Gasteiger partial charge on any atom is -0.497 e. The third-order valence-corrected chi connectivity index (χ3v) is 4.54. The Balaban J connectivity index is 0.00000272. The molecule has 3 aromatic rings. The van der Waals surface area contributed by atoms with Gasteiger partial charge in [0.25, 0.3) is 0 Å². The summed E-state index contributed by atoms with van der Waals surface area (Å²) in [4.78, 5) is 21.8. The number of rotatable bonds is 6. The van der Waals surface area contributed by atoms with Crippen LogP contribution in [0, 0.1) is 0 Å². The fraction of sp³-hybridized carbons (Fsp3) is 0.182. The summed E-state index contributed by atoms with van der Waals surface area (Å²) < 4.78 is 12.5. The Morgan fingerprint density at radius 1 is 1.30 bits per heavy atom. The fourth-order valence-corrected chi connectivity index (χ4v) is 3.08. The fourth-order valence-electron chi connectivity index (χ4n) is 3.08. The van der Waals surface area contributed by atoms with Gasteiger partial charge in [-0.1, -0.05) is 18.2 Å². The number of carbonyl (C=O) groups is 1. The Kier molecular flexibility index (Phi) is 5.56. The van der Waals surface area contributed by atoms with Gasteiger partial charge in [0.15, 0.2) is 17.7 Å². The van der Waals surface area contributed by atoms with E-state index in [4.69, 9.17) is 9.47 Å². The molecule has 1 atom stereocenters. The average molecular weight is 405 g/mol. The molecule has 1 aromatic carbocycles. The molecule has 0 radical (unpaired) electrons. The summed E-state index contributed by atoms with van der Waals surface area (Å²) in [5, 5.41) is 7.09. The molecular formula is C22H23N5O3. The molecule has 30 heavy (non-hydrogen) atoms. The molecule has 154 valence electrons. The minimum atomic E-state index is -0.431. The van der Waals surface area contributed by atoms with Crippen LogP contribution in [0.3, 0.4) is 0 Å². The highest BCUT2D eigenvalue weighted by Crippen LogP contribution is 2.27. The van der Waals surface area contributed by atoms with Crippen molar-refractivity contribution in [1.29, 1.82) is 0 Å². The Bertz CT molecular complexity index is 1110. The highest BCUT2D eigenvalue weighted by Gasteiger charge is 2.21. The van der Waals surface area contributed by atoms with Gasteiger partial charge < -0.3 is 14.8 Å². The Morgan fingerprint density at radius 3 is 2.97 bits per heavy atom. The van der Waals surface area contributed by atoms with E-state index in [1.54, 1.807) is 42.6 Å². The predicted molar refractivity (Wildman–Crippen MR) is 113 cm³/mol. The molecule has 1 N–H and O–H groups in total. The van der Waals surface area contributed by atoms with Gasteiger partial charge in [-0.05, 0) is 42.3 Å². The first kappa shape index (κ1) is 19.4. The number of methoxy groups -OCH3 is 1. The van der Waals surface area contributed by atoms with E-state index in [1.165, 1.54) is 0 Å². The number of carbonyl (C=O) groups excluding carboxylic acids is 1. The second kappa shape index (κ2) is 8.60. The summed E-state index contributed by atoms with van der Waals surface area (Å²) in [6, 6.07) is 10.9. The largest absolute Gasteiger partial charge is 0.497 e. The molecular weight excluding hydrogens is 382 g/mol. The number of anilines is 1. The van der Waals surface area contributed by atoms with Crippen LogP contribution in [0.25, 0.3) is 5.82 Å². The maximum absolute atomic E-state index is 12.6. The molecule has 1 unspecified atom stereocenters. The van der Waals surface area contributed by atoms with Crippen molar-refractivity contribution >= 4 is 11.7 Å². The molecule has 0 bridgehead atoms. The second-order valence-electron chi connectivity index (χ2n) is 6.75. The molecule has 2 aromatic heterocycles. The van der Waals surface area contributed by atoms with Gasteiger partial charge in [-0.3, -0.25) is 4.79 Å². The van der Waals surface area contributed by atoms with Crippen LogP contribution in [0.2, 0.25) is 0 Å². The van der Waals surface area contributed by atoms with Crippen LogP contribution >= 0.6 is 0 Å². The smallest absolute Gasteiger partial charge is 0.229 e. The van der Waals surface area contributed by atoms with E-state index < -0.39 is 6.10 Å². The Labute approximate surface area is 175 Å². The highest BCUT2D eigenvalue weighted by atomic mass is 16.5. The van der Waals surface area contributed by atoms with Crippen molar-refractivity contribution in [2.45, 2.75) is 19.4 Å². The molecule has 1 aliphatic heterocycles. The zero-order chi connectivity index (χ0) is 20.9. The Morgan fingerprint density at radius 2 is 2.20 bits per heavy atom. The summed E-state index contributed by atoms with van der Waals surface area (Å²) in [6.07, 6.45) is 8.56. The number of hydrogen-bond donors (Lipinski definition) is 1. The van der Waals surface area contributed by atoms with Gasteiger partial charge >= 0.3 is 0 Å². The number of aromatic nitrogens is 4. The molecule has 0 saturated carbocycles. The summed E-state index contributed by atoms with van der Waals surface area (Å²) >= 11 is 0. The topological polar surface area (TPSA) is 91.2 Å². The average Bonchev–Trinajstić information content (AvgIpc) is 3.29. The molecule has 1 amide bonds. The van der Waals surface area contributed by atoms with Crippen molar-refractivity contribution in [2.75, 3.05) is 12.4 Å². The quantitative estimate of drug-likeness (QED) is 0.673. The second-order valence-corrected chi connectivity index (χ2v) is 6.75. The van der Waals surface area contributed by atoms with E-state index in [0.717, 1.165) is 11.1 Å². The van der Waals surface area contributed by atoms with Gasteiger partial charge in [-0.15, -0.1) is 0 Å². The maximum atomic E-state index is 12.6. The number of allylic oxidation sites excluding steroid dienone is 2. The van der Waals surface area contributed by atoms with E-state index in [1.807, 2.05) is 43.3 Å². The van der Waals surface area contributed by atoms with E-state index >= 15 is 0 Å². The SMILES string of the molecule is COc1cccc(CC(=O)Nc2cc(-n3cccn3)nc(C3OC=CC=C3C)n2)c1.[HH]. The van der Waals surface area contributed by atoms with Gasteiger partial charge in [-0.2, -0.15) is 5.10 Å². The van der Waals surface area contributed by atoms with Gasteiger partial charge in [-0.25, -0.2) is 14.6 Å². The first-order valence-corrected chi connectivity index (χ1v) is 9.43. The van der Waals surface area contributed by atoms with Crippen molar-refractivity contribution in [3.05, 3.63) is 84.2 Å². The highest BCUT2D eigenvalue weighted by molar-refractivity contribution is 5.91. The van der Waals surface area contributed by atoms with Gasteiger partial charge in [0.2, 0.25) is 5.91 Å². The number of ether oxygens (including phenoxy) is 2. The first-order chi connectivity index (χ1) is 14.6. The van der Waals surface area contributed by atoms with Gasteiger partial charge in [0.05, 0.1) is 19.8 Å². The van der Waals surface area contributed by atoms with Gasteiger partial charge in [0, 0.05) is 19.9 Å². The normalized spacial score (nSPS) is 15.3. The van der Waals surface area contributed by atoms with Crippen molar-refractivity contribution in [2.24, 2.45) is 0 Å². The molecule has 1 aliphatic rings. The van der Waals surface area contributed by atoms with Crippen molar-refractivity contribution in [1.82, 2.24) is 19.7 Å². The van der Waals surface area contributed by atoms with Crippen molar-refractivity contribution < 1.29 is 15.7 Å². The van der Waals surface area contributed by atoms with Crippen molar-refractivity contribution in [3.63, 3.8) is 0 Å². The first-order valence-electron chi connectivity index (χ1n) is 9.43. The predicted octanol–water partition coefficient (Wildman–Crippen LogP) is 3.63. The molecule has 0 spiro atoms.